The van der Waals surface area contributed by atoms with Crippen molar-refractivity contribution in [3.05, 3.63) is 34.9 Å². The topological polar surface area (TPSA) is 21.3 Å². The number of allylic oxidation sites excluding steroid dienone is 1. The number of hydrogen-bond donors (Lipinski definition) is 1. The van der Waals surface area contributed by atoms with E-state index < -0.39 is 0 Å². The van der Waals surface area contributed by atoms with Crippen molar-refractivity contribution < 1.29 is 4.74 Å². The van der Waals surface area contributed by atoms with Gasteiger partial charge in [0.25, 0.3) is 0 Å². The van der Waals surface area contributed by atoms with Crippen LogP contribution in [0.1, 0.15) is 24.8 Å². The minimum atomic E-state index is 0.401. The van der Waals surface area contributed by atoms with Crippen LogP contribution in [0.4, 0.5) is 5.69 Å². The number of aryl methyl sites for hydroxylation is 1. The van der Waals surface area contributed by atoms with Gasteiger partial charge in [-0.1, -0.05) is 23.8 Å². The third kappa shape index (κ3) is 2.95. The van der Waals surface area contributed by atoms with Crippen molar-refractivity contribution >= 4 is 17.3 Å². The maximum Gasteiger partial charge on any atom is 0.143 e. The van der Waals surface area contributed by atoms with E-state index in [9.17, 15) is 0 Å². The molecule has 0 aromatic heterocycles. The lowest BCUT2D eigenvalue weighted by atomic mass is 10.0. The zero-order chi connectivity index (χ0) is 12.3. The molecule has 0 saturated carbocycles. The molecular formula is C14H18ClNO. The molecule has 1 unspecified atom stereocenters. The summed E-state index contributed by atoms with van der Waals surface area (Å²) in [5.74, 6) is 0.805. The Bertz CT molecular complexity index is 428. The summed E-state index contributed by atoms with van der Waals surface area (Å²) in [5.41, 5.74) is 2.08. The summed E-state index contributed by atoms with van der Waals surface area (Å²) in [7, 11) is 1.67. The van der Waals surface area contributed by atoms with Gasteiger partial charge >= 0.3 is 0 Å². The summed E-state index contributed by atoms with van der Waals surface area (Å²) in [5, 5.41) is 4.24. The molecule has 92 valence electrons. The first-order valence-electron chi connectivity index (χ1n) is 5.98. The standard InChI is InChI=1S/C14H18ClNO/c1-10-8-13(14(17-2)9-12(10)15)16-11-6-4-3-5-7-11/h4,6,8-9,11,16H,3,5,7H2,1-2H3. The van der Waals surface area contributed by atoms with Gasteiger partial charge in [0.05, 0.1) is 12.8 Å². The second-order valence-electron chi connectivity index (χ2n) is 4.41. The lowest BCUT2D eigenvalue weighted by Gasteiger charge is -2.21. The van der Waals surface area contributed by atoms with Crippen LogP contribution in [-0.2, 0) is 0 Å². The Morgan fingerprint density at radius 2 is 2.24 bits per heavy atom. The molecule has 1 aromatic carbocycles. The van der Waals surface area contributed by atoms with Crippen molar-refractivity contribution in [2.75, 3.05) is 12.4 Å². The fourth-order valence-electron chi connectivity index (χ4n) is 2.08. The molecule has 3 heteroatoms. The molecule has 1 N–H and O–H groups in total. The number of ether oxygens (including phenoxy) is 1. The zero-order valence-corrected chi connectivity index (χ0v) is 11.1. The van der Waals surface area contributed by atoms with E-state index >= 15 is 0 Å². The summed E-state index contributed by atoms with van der Waals surface area (Å²) in [6.45, 7) is 2.00. The summed E-state index contributed by atoms with van der Waals surface area (Å²) < 4.78 is 5.35. The molecule has 1 aromatic rings. The number of hydrogen-bond acceptors (Lipinski definition) is 2. The smallest absolute Gasteiger partial charge is 0.143 e. The molecule has 0 fully saturated rings. The SMILES string of the molecule is COc1cc(Cl)c(C)cc1NC1C=CCCC1. The second kappa shape index (κ2) is 5.46. The highest BCUT2D eigenvalue weighted by Crippen LogP contribution is 2.32. The van der Waals surface area contributed by atoms with Crippen LogP contribution in [-0.4, -0.2) is 13.2 Å². The summed E-state index contributed by atoms with van der Waals surface area (Å²) >= 11 is 6.09. The third-order valence-electron chi connectivity index (χ3n) is 3.08. The quantitative estimate of drug-likeness (QED) is 0.814. The molecule has 0 heterocycles. The first-order chi connectivity index (χ1) is 8.20. The third-order valence-corrected chi connectivity index (χ3v) is 3.48. The van der Waals surface area contributed by atoms with Crippen LogP contribution >= 0.6 is 11.6 Å². The molecule has 0 amide bonds. The Balaban J connectivity index is 2.21. The van der Waals surface area contributed by atoms with Crippen molar-refractivity contribution in [1.82, 2.24) is 0 Å². The van der Waals surface area contributed by atoms with Crippen molar-refractivity contribution in [1.29, 1.82) is 0 Å². The van der Waals surface area contributed by atoms with Gasteiger partial charge in [-0.2, -0.15) is 0 Å². The largest absolute Gasteiger partial charge is 0.495 e. The first-order valence-corrected chi connectivity index (χ1v) is 6.36. The molecule has 1 aliphatic rings. The number of rotatable bonds is 3. The van der Waals surface area contributed by atoms with Crippen molar-refractivity contribution in [3.8, 4) is 5.75 Å². The average molecular weight is 252 g/mol. The van der Waals surface area contributed by atoms with E-state index in [0.717, 1.165) is 22.0 Å². The predicted molar refractivity (Wildman–Crippen MR) is 73.1 cm³/mol. The number of methoxy groups -OCH3 is 1. The van der Waals surface area contributed by atoms with Crippen LogP contribution in [0.5, 0.6) is 5.75 Å². The Hall–Kier alpha value is -1.15. The van der Waals surface area contributed by atoms with Gasteiger partial charge in [-0.3, -0.25) is 0 Å². The maximum atomic E-state index is 6.09. The molecule has 0 spiro atoms. The Morgan fingerprint density at radius 1 is 1.41 bits per heavy atom. The van der Waals surface area contributed by atoms with E-state index in [1.54, 1.807) is 7.11 Å². The summed E-state index contributed by atoms with van der Waals surface area (Å²) in [6, 6.07) is 4.31. The van der Waals surface area contributed by atoms with Crippen LogP contribution in [0, 0.1) is 6.92 Å². The molecule has 0 aliphatic heterocycles. The van der Waals surface area contributed by atoms with Gasteiger partial charge < -0.3 is 10.1 Å². The van der Waals surface area contributed by atoms with E-state index in [-0.39, 0.29) is 0 Å². The molecule has 17 heavy (non-hydrogen) atoms. The molecule has 0 radical (unpaired) electrons. The van der Waals surface area contributed by atoms with Gasteiger partial charge in [0.15, 0.2) is 0 Å². The molecule has 0 bridgehead atoms. The Morgan fingerprint density at radius 3 is 2.88 bits per heavy atom. The monoisotopic (exact) mass is 251 g/mol. The van der Waals surface area contributed by atoms with Gasteiger partial charge in [-0.15, -0.1) is 0 Å². The minimum absolute atomic E-state index is 0.401. The van der Waals surface area contributed by atoms with Gasteiger partial charge in [-0.25, -0.2) is 0 Å². The van der Waals surface area contributed by atoms with E-state index in [1.807, 2.05) is 19.1 Å². The van der Waals surface area contributed by atoms with Gasteiger partial charge in [0.1, 0.15) is 5.75 Å². The van der Waals surface area contributed by atoms with Crippen LogP contribution in [0.15, 0.2) is 24.3 Å². The van der Waals surface area contributed by atoms with E-state index in [4.69, 9.17) is 16.3 Å². The Kier molecular flexibility index (Phi) is 3.95. The van der Waals surface area contributed by atoms with Crippen molar-refractivity contribution in [3.63, 3.8) is 0 Å². The highest BCUT2D eigenvalue weighted by atomic mass is 35.5. The molecule has 1 atom stereocenters. The highest BCUT2D eigenvalue weighted by Gasteiger charge is 2.12. The fourth-order valence-corrected chi connectivity index (χ4v) is 2.23. The van der Waals surface area contributed by atoms with Crippen molar-refractivity contribution in [2.45, 2.75) is 32.2 Å². The van der Waals surface area contributed by atoms with Crippen molar-refractivity contribution in [2.24, 2.45) is 0 Å². The van der Waals surface area contributed by atoms with Crippen LogP contribution in [0.2, 0.25) is 5.02 Å². The predicted octanol–water partition coefficient (Wildman–Crippen LogP) is 4.18. The minimum Gasteiger partial charge on any atom is -0.495 e. The lowest BCUT2D eigenvalue weighted by molar-refractivity contribution is 0.416. The van der Waals surface area contributed by atoms with Crippen LogP contribution in [0.25, 0.3) is 0 Å². The van der Waals surface area contributed by atoms with Gasteiger partial charge in [0.2, 0.25) is 0 Å². The summed E-state index contributed by atoms with van der Waals surface area (Å²) in [6.07, 6.45) is 8.06. The number of nitrogens with one attached hydrogen (secondary N) is 1. The number of halogens is 1. The Labute approximate surface area is 108 Å². The maximum absolute atomic E-state index is 6.09. The average Bonchev–Trinajstić information content (AvgIpc) is 2.35. The van der Waals surface area contributed by atoms with Gasteiger partial charge in [0, 0.05) is 17.1 Å². The lowest BCUT2D eigenvalue weighted by Crippen LogP contribution is -2.19. The molecule has 0 saturated heterocycles. The van der Waals surface area contributed by atoms with Crippen LogP contribution < -0.4 is 10.1 Å². The number of benzene rings is 1. The summed E-state index contributed by atoms with van der Waals surface area (Å²) in [4.78, 5) is 0. The first kappa shape index (κ1) is 12.3. The number of anilines is 1. The molecular weight excluding hydrogens is 234 g/mol. The zero-order valence-electron chi connectivity index (χ0n) is 10.3. The molecule has 1 aliphatic carbocycles. The van der Waals surface area contributed by atoms with Crippen LogP contribution in [0.3, 0.4) is 0 Å². The van der Waals surface area contributed by atoms with Gasteiger partial charge in [-0.05, 0) is 37.8 Å². The van der Waals surface area contributed by atoms with E-state index in [1.165, 1.54) is 19.3 Å². The van der Waals surface area contributed by atoms with E-state index in [2.05, 4.69) is 17.5 Å². The fraction of sp³-hybridized carbons (Fsp3) is 0.429. The highest BCUT2D eigenvalue weighted by molar-refractivity contribution is 6.31. The molecule has 2 rings (SSSR count). The van der Waals surface area contributed by atoms with E-state index in [0.29, 0.717) is 6.04 Å². The normalized spacial score (nSPS) is 19.1. The second-order valence-corrected chi connectivity index (χ2v) is 4.82. The molecule has 2 nitrogen and oxygen atoms in total.